The quantitative estimate of drug-likeness (QED) is 0.882. The van der Waals surface area contributed by atoms with Crippen molar-refractivity contribution in [2.75, 3.05) is 0 Å². The fourth-order valence-electron chi connectivity index (χ4n) is 2.95. The smallest absolute Gasteiger partial charge is 0.105 e. The van der Waals surface area contributed by atoms with Crippen LogP contribution in [-0.2, 0) is 6.42 Å². The van der Waals surface area contributed by atoms with Crippen LogP contribution < -0.4 is 5.32 Å². The van der Waals surface area contributed by atoms with E-state index in [0.717, 1.165) is 17.2 Å². The predicted molar refractivity (Wildman–Crippen MR) is 82.2 cm³/mol. The molecule has 3 heteroatoms. The van der Waals surface area contributed by atoms with Gasteiger partial charge in [0.15, 0.2) is 0 Å². The lowest BCUT2D eigenvalue weighted by Crippen LogP contribution is -2.45. The minimum absolute atomic E-state index is 0.456. The Kier molecular flexibility index (Phi) is 4.13. The summed E-state index contributed by atoms with van der Waals surface area (Å²) in [7, 11) is 0. The fraction of sp³-hybridized carbons (Fsp3) is 0.412. The van der Waals surface area contributed by atoms with Crippen LogP contribution in [0.3, 0.4) is 0 Å². The molecule has 0 aliphatic heterocycles. The average molecular weight is 290 g/mol. The van der Waals surface area contributed by atoms with E-state index in [1.54, 1.807) is 6.26 Å². The van der Waals surface area contributed by atoms with Crippen LogP contribution in [-0.4, -0.2) is 12.1 Å². The molecule has 1 aromatic carbocycles. The highest BCUT2D eigenvalue weighted by atomic mass is 35.5. The van der Waals surface area contributed by atoms with Crippen molar-refractivity contribution in [3.8, 4) is 0 Å². The third-order valence-corrected chi connectivity index (χ3v) is 4.34. The third kappa shape index (κ3) is 3.25. The van der Waals surface area contributed by atoms with E-state index in [1.807, 2.05) is 24.3 Å². The molecule has 0 spiro atoms. The summed E-state index contributed by atoms with van der Waals surface area (Å²) >= 11 is 5.92. The second-order valence-corrected chi connectivity index (χ2v) is 6.20. The van der Waals surface area contributed by atoms with Crippen LogP contribution in [0.15, 0.2) is 47.1 Å². The van der Waals surface area contributed by atoms with E-state index >= 15 is 0 Å². The molecular formula is C17H20ClNO. The molecular weight excluding hydrogens is 270 g/mol. The summed E-state index contributed by atoms with van der Waals surface area (Å²) in [5, 5.41) is 4.49. The summed E-state index contributed by atoms with van der Waals surface area (Å²) in [4.78, 5) is 0. The highest BCUT2D eigenvalue weighted by Crippen LogP contribution is 2.37. The molecule has 0 amide bonds. The first kappa shape index (κ1) is 13.7. The monoisotopic (exact) mass is 289 g/mol. The SMILES string of the molecule is CC(Cc1ccco1)NC1CC(c2ccc(Cl)cc2)C1. The number of hydrogen-bond donors (Lipinski definition) is 1. The normalized spacial score (nSPS) is 23.3. The molecule has 1 aromatic heterocycles. The molecule has 20 heavy (non-hydrogen) atoms. The van der Waals surface area contributed by atoms with Crippen molar-refractivity contribution >= 4 is 11.6 Å². The summed E-state index contributed by atoms with van der Waals surface area (Å²) < 4.78 is 5.39. The Labute approximate surface area is 125 Å². The van der Waals surface area contributed by atoms with Crippen molar-refractivity contribution in [3.63, 3.8) is 0 Å². The van der Waals surface area contributed by atoms with Gasteiger partial charge in [0.1, 0.15) is 5.76 Å². The summed E-state index contributed by atoms with van der Waals surface area (Å²) in [5.41, 5.74) is 1.41. The molecule has 0 saturated heterocycles. The van der Waals surface area contributed by atoms with E-state index in [2.05, 4.69) is 24.4 Å². The van der Waals surface area contributed by atoms with Gasteiger partial charge in [0.25, 0.3) is 0 Å². The van der Waals surface area contributed by atoms with Crippen molar-refractivity contribution in [3.05, 3.63) is 59.0 Å². The zero-order valence-corrected chi connectivity index (χ0v) is 12.4. The number of furan rings is 1. The third-order valence-electron chi connectivity index (χ3n) is 4.09. The van der Waals surface area contributed by atoms with Gasteiger partial charge in [-0.2, -0.15) is 0 Å². The first-order valence-corrected chi connectivity index (χ1v) is 7.62. The highest BCUT2D eigenvalue weighted by Gasteiger charge is 2.30. The summed E-state index contributed by atoms with van der Waals surface area (Å²) in [5.74, 6) is 1.74. The number of hydrogen-bond acceptors (Lipinski definition) is 2. The van der Waals surface area contributed by atoms with Crippen LogP contribution in [0, 0.1) is 0 Å². The van der Waals surface area contributed by atoms with Gasteiger partial charge >= 0.3 is 0 Å². The van der Waals surface area contributed by atoms with Crippen molar-refractivity contribution < 1.29 is 4.42 Å². The van der Waals surface area contributed by atoms with E-state index < -0.39 is 0 Å². The molecule has 2 aromatic rings. The number of halogens is 1. The Morgan fingerprint density at radius 2 is 2.00 bits per heavy atom. The first-order valence-electron chi connectivity index (χ1n) is 7.24. The van der Waals surface area contributed by atoms with Crippen LogP contribution in [0.25, 0.3) is 0 Å². The second kappa shape index (κ2) is 6.02. The maximum atomic E-state index is 5.92. The molecule has 106 valence electrons. The van der Waals surface area contributed by atoms with Crippen molar-refractivity contribution in [2.45, 2.75) is 44.2 Å². The van der Waals surface area contributed by atoms with Crippen molar-refractivity contribution in [1.29, 1.82) is 0 Å². The van der Waals surface area contributed by atoms with Gasteiger partial charge in [0.05, 0.1) is 6.26 Å². The Morgan fingerprint density at radius 3 is 2.65 bits per heavy atom. The van der Waals surface area contributed by atoms with Gasteiger partial charge in [-0.15, -0.1) is 0 Å². The molecule has 0 bridgehead atoms. The number of rotatable bonds is 5. The Morgan fingerprint density at radius 1 is 1.25 bits per heavy atom. The highest BCUT2D eigenvalue weighted by molar-refractivity contribution is 6.30. The lowest BCUT2D eigenvalue weighted by Gasteiger charge is -2.38. The molecule has 1 saturated carbocycles. The molecule has 2 nitrogen and oxygen atoms in total. The number of benzene rings is 1. The lowest BCUT2D eigenvalue weighted by atomic mass is 9.75. The average Bonchev–Trinajstić information content (AvgIpc) is 2.87. The van der Waals surface area contributed by atoms with Gasteiger partial charge in [-0.3, -0.25) is 0 Å². The second-order valence-electron chi connectivity index (χ2n) is 5.77. The summed E-state index contributed by atoms with van der Waals surface area (Å²) in [6.45, 7) is 2.22. The molecule has 1 N–H and O–H groups in total. The maximum Gasteiger partial charge on any atom is 0.105 e. The Bertz CT molecular complexity index is 529. The maximum absolute atomic E-state index is 5.92. The van der Waals surface area contributed by atoms with Crippen molar-refractivity contribution in [2.24, 2.45) is 0 Å². The summed E-state index contributed by atoms with van der Waals surface area (Å²) in [6.07, 6.45) is 5.12. The van der Waals surface area contributed by atoms with Crippen LogP contribution in [0.4, 0.5) is 0 Å². The van der Waals surface area contributed by atoms with E-state index in [4.69, 9.17) is 16.0 Å². The van der Waals surface area contributed by atoms with E-state index in [1.165, 1.54) is 18.4 Å². The van der Waals surface area contributed by atoms with Gasteiger partial charge in [0.2, 0.25) is 0 Å². The van der Waals surface area contributed by atoms with Crippen LogP contribution >= 0.6 is 11.6 Å². The molecule has 3 rings (SSSR count). The Hall–Kier alpha value is -1.25. The largest absolute Gasteiger partial charge is 0.469 e. The molecule has 1 aliphatic rings. The van der Waals surface area contributed by atoms with Gasteiger partial charge < -0.3 is 9.73 Å². The lowest BCUT2D eigenvalue weighted by molar-refractivity contribution is 0.265. The molecule has 1 unspecified atom stereocenters. The topological polar surface area (TPSA) is 25.2 Å². The van der Waals surface area contributed by atoms with Gasteiger partial charge in [-0.05, 0) is 55.5 Å². The van der Waals surface area contributed by atoms with E-state index in [0.29, 0.717) is 18.0 Å². The van der Waals surface area contributed by atoms with E-state index in [9.17, 15) is 0 Å². The minimum Gasteiger partial charge on any atom is -0.469 e. The summed E-state index contributed by atoms with van der Waals surface area (Å²) in [6, 6.07) is 13.3. The molecule has 0 radical (unpaired) electrons. The zero-order valence-electron chi connectivity index (χ0n) is 11.7. The van der Waals surface area contributed by atoms with Crippen LogP contribution in [0.2, 0.25) is 5.02 Å². The first-order chi connectivity index (χ1) is 9.70. The van der Waals surface area contributed by atoms with Crippen LogP contribution in [0.5, 0.6) is 0 Å². The number of nitrogens with one attached hydrogen (secondary N) is 1. The molecule has 1 fully saturated rings. The fourth-order valence-corrected chi connectivity index (χ4v) is 3.08. The molecule has 1 aliphatic carbocycles. The Balaban J connectivity index is 1.45. The molecule has 1 heterocycles. The minimum atomic E-state index is 0.456. The van der Waals surface area contributed by atoms with Crippen LogP contribution in [0.1, 0.15) is 37.0 Å². The predicted octanol–water partition coefficient (Wildman–Crippen LogP) is 4.40. The zero-order chi connectivity index (χ0) is 13.9. The van der Waals surface area contributed by atoms with Gasteiger partial charge in [-0.25, -0.2) is 0 Å². The van der Waals surface area contributed by atoms with E-state index in [-0.39, 0.29) is 0 Å². The van der Waals surface area contributed by atoms with Gasteiger partial charge in [0, 0.05) is 23.5 Å². The van der Waals surface area contributed by atoms with Crippen molar-refractivity contribution in [1.82, 2.24) is 5.32 Å². The molecule has 1 atom stereocenters. The van der Waals surface area contributed by atoms with Gasteiger partial charge in [-0.1, -0.05) is 23.7 Å². The standard InChI is InChI=1S/C17H20ClNO/c1-12(9-17-3-2-8-20-17)19-16-10-14(11-16)13-4-6-15(18)7-5-13/h2-8,12,14,16,19H,9-11H2,1H3.